The van der Waals surface area contributed by atoms with E-state index in [1.54, 1.807) is 0 Å². The molecule has 2 heteroatoms. The van der Waals surface area contributed by atoms with Crippen LogP contribution >= 0.6 is 0 Å². The first kappa shape index (κ1) is 8.80. The smallest absolute Gasteiger partial charge is 0.164 e. The van der Waals surface area contributed by atoms with Crippen molar-refractivity contribution in [2.75, 3.05) is 6.61 Å². The molecule has 0 N–H and O–H groups in total. The first-order chi connectivity index (χ1) is 6.33. The van der Waals surface area contributed by atoms with Crippen LogP contribution in [0.25, 0.3) is 0 Å². The van der Waals surface area contributed by atoms with E-state index in [1.807, 2.05) is 0 Å². The van der Waals surface area contributed by atoms with Crippen LogP contribution in [0.15, 0.2) is 12.2 Å². The Morgan fingerprint density at radius 2 is 2.46 bits per heavy atom. The van der Waals surface area contributed by atoms with Crippen molar-refractivity contribution in [2.45, 2.75) is 31.7 Å². The molecule has 0 saturated carbocycles. The molecular weight excluding hydrogens is 164 g/mol. The van der Waals surface area contributed by atoms with Gasteiger partial charge in [0.2, 0.25) is 0 Å². The van der Waals surface area contributed by atoms with Gasteiger partial charge in [0.1, 0.15) is 0 Å². The van der Waals surface area contributed by atoms with E-state index in [0.717, 1.165) is 25.0 Å². The topological polar surface area (TPSA) is 18.5 Å². The molecule has 13 heavy (non-hydrogen) atoms. The van der Waals surface area contributed by atoms with E-state index in [2.05, 4.69) is 12.5 Å². The van der Waals surface area contributed by atoms with Gasteiger partial charge in [-0.15, -0.1) is 12.3 Å². The molecule has 0 spiro atoms. The van der Waals surface area contributed by atoms with Gasteiger partial charge in [0.15, 0.2) is 6.29 Å². The van der Waals surface area contributed by atoms with Crippen molar-refractivity contribution in [1.29, 1.82) is 0 Å². The van der Waals surface area contributed by atoms with Crippen molar-refractivity contribution in [1.82, 2.24) is 0 Å². The molecule has 2 saturated heterocycles. The predicted molar refractivity (Wildman–Crippen MR) is 49.9 cm³/mol. The van der Waals surface area contributed by atoms with Crippen molar-refractivity contribution in [3.8, 4) is 12.3 Å². The summed E-state index contributed by atoms with van der Waals surface area (Å²) in [6.07, 6.45) is 8.06. The van der Waals surface area contributed by atoms with Crippen molar-refractivity contribution in [3.05, 3.63) is 12.2 Å². The second kappa shape index (κ2) is 3.53. The van der Waals surface area contributed by atoms with Crippen LogP contribution in [0.4, 0.5) is 0 Å². The Morgan fingerprint density at radius 3 is 3.15 bits per heavy atom. The molecule has 2 aliphatic heterocycles. The van der Waals surface area contributed by atoms with Gasteiger partial charge in [-0.25, -0.2) is 0 Å². The van der Waals surface area contributed by atoms with Crippen LogP contribution in [-0.2, 0) is 9.47 Å². The lowest BCUT2D eigenvalue weighted by atomic mass is 9.92. The third-order valence-electron chi connectivity index (χ3n) is 2.76. The summed E-state index contributed by atoms with van der Waals surface area (Å²) in [6, 6.07) is 0. The molecule has 2 fully saturated rings. The fraction of sp³-hybridized carbons (Fsp3) is 0.636. The highest BCUT2D eigenvalue weighted by atomic mass is 16.7. The van der Waals surface area contributed by atoms with Crippen LogP contribution < -0.4 is 0 Å². The van der Waals surface area contributed by atoms with E-state index < -0.39 is 0 Å². The SMILES string of the molecule is C#CCC1OC2OCCCC2C1=C. The number of fused-ring (bicyclic) bond motifs is 1. The minimum Gasteiger partial charge on any atom is -0.352 e. The minimum atomic E-state index is -0.0698. The fourth-order valence-corrected chi connectivity index (χ4v) is 2.02. The molecule has 0 aromatic rings. The summed E-state index contributed by atoms with van der Waals surface area (Å²) < 4.78 is 11.2. The third kappa shape index (κ3) is 1.50. The maximum absolute atomic E-state index is 5.65. The zero-order valence-corrected chi connectivity index (χ0v) is 7.66. The monoisotopic (exact) mass is 178 g/mol. The predicted octanol–water partition coefficient (Wildman–Crippen LogP) is 1.72. The zero-order chi connectivity index (χ0) is 9.26. The second-order valence-corrected chi connectivity index (χ2v) is 3.60. The van der Waals surface area contributed by atoms with Gasteiger partial charge in [-0.05, 0) is 18.4 Å². The standard InChI is InChI=1S/C11H14O2/c1-3-5-10-8(2)9-6-4-7-12-11(9)13-10/h1,9-11H,2,4-7H2. The normalized spacial score (nSPS) is 38.4. The average molecular weight is 178 g/mol. The molecule has 0 amide bonds. The summed E-state index contributed by atoms with van der Waals surface area (Å²) >= 11 is 0. The van der Waals surface area contributed by atoms with Gasteiger partial charge in [0.25, 0.3) is 0 Å². The van der Waals surface area contributed by atoms with Crippen LogP contribution in [0.3, 0.4) is 0 Å². The Kier molecular flexibility index (Phi) is 2.39. The maximum Gasteiger partial charge on any atom is 0.164 e. The highest BCUT2D eigenvalue weighted by Gasteiger charge is 2.40. The van der Waals surface area contributed by atoms with E-state index in [-0.39, 0.29) is 12.4 Å². The van der Waals surface area contributed by atoms with E-state index >= 15 is 0 Å². The lowest BCUT2D eigenvalue weighted by Gasteiger charge is -2.24. The van der Waals surface area contributed by atoms with Crippen LogP contribution in [0.2, 0.25) is 0 Å². The molecule has 3 atom stereocenters. The van der Waals surface area contributed by atoms with Crippen LogP contribution in [0, 0.1) is 18.3 Å². The molecule has 2 heterocycles. The quantitative estimate of drug-likeness (QED) is 0.449. The molecule has 2 nitrogen and oxygen atoms in total. The van der Waals surface area contributed by atoms with Crippen LogP contribution in [-0.4, -0.2) is 19.0 Å². The first-order valence-corrected chi connectivity index (χ1v) is 4.72. The van der Waals surface area contributed by atoms with Crippen molar-refractivity contribution < 1.29 is 9.47 Å². The molecule has 0 aromatic heterocycles. The van der Waals surface area contributed by atoms with E-state index in [1.165, 1.54) is 0 Å². The molecule has 0 radical (unpaired) electrons. The van der Waals surface area contributed by atoms with Crippen LogP contribution in [0.5, 0.6) is 0 Å². The van der Waals surface area contributed by atoms with Crippen molar-refractivity contribution in [3.63, 3.8) is 0 Å². The molecule has 70 valence electrons. The third-order valence-corrected chi connectivity index (χ3v) is 2.76. The highest BCUT2D eigenvalue weighted by molar-refractivity contribution is 5.16. The van der Waals surface area contributed by atoms with Gasteiger partial charge in [-0.1, -0.05) is 6.58 Å². The number of terminal acetylenes is 1. The maximum atomic E-state index is 5.65. The molecule has 2 aliphatic rings. The number of hydrogen-bond donors (Lipinski definition) is 0. The highest BCUT2D eigenvalue weighted by Crippen LogP contribution is 2.38. The van der Waals surface area contributed by atoms with Gasteiger partial charge in [0, 0.05) is 18.9 Å². The lowest BCUT2D eigenvalue weighted by Crippen LogP contribution is -2.26. The summed E-state index contributed by atoms with van der Waals surface area (Å²) in [5, 5.41) is 0. The molecular formula is C11H14O2. The Hall–Kier alpha value is -0.780. The first-order valence-electron chi connectivity index (χ1n) is 4.72. The molecule has 3 unspecified atom stereocenters. The summed E-state index contributed by atoms with van der Waals surface area (Å²) in [5.74, 6) is 2.99. The van der Waals surface area contributed by atoms with Gasteiger partial charge in [-0.2, -0.15) is 0 Å². The number of ether oxygens (including phenoxy) is 2. The Balaban J connectivity index is 2.06. The van der Waals surface area contributed by atoms with E-state index in [4.69, 9.17) is 15.9 Å². The Bertz CT molecular complexity index is 251. The minimum absolute atomic E-state index is 0.0260. The Labute approximate surface area is 78.9 Å². The summed E-state index contributed by atoms with van der Waals surface area (Å²) in [5.41, 5.74) is 1.13. The molecule has 0 bridgehead atoms. The summed E-state index contributed by atoms with van der Waals surface area (Å²) in [7, 11) is 0. The second-order valence-electron chi connectivity index (χ2n) is 3.60. The van der Waals surface area contributed by atoms with Crippen LogP contribution in [0.1, 0.15) is 19.3 Å². The Morgan fingerprint density at radius 1 is 1.62 bits per heavy atom. The molecule has 2 rings (SSSR count). The van der Waals surface area contributed by atoms with Gasteiger partial charge in [-0.3, -0.25) is 0 Å². The fourth-order valence-electron chi connectivity index (χ4n) is 2.02. The van der Waals surface area contributed by atoms with Gasteiger partial charge >= 0.3 is 0 Å². The van der Waals surface area contributed by atoms with E-state index in [0.29, 0.717) is 12.3 Å². The van der Waals surface area contributed by atoms with Crippen molar-refractivity contribution >= 4 is 0 Å². The van der Waals surface area contributed by atoms with E-state index in [9.17, 15) is 0 Å². The lowest BCUT2D eigenvalue weighted by molar-refractivity contribution is -0.165. The molecule has 0 aromatic carbocycles. The average Bonchev–Trinajstić information content (AvgIpc) is 2.46. The summed E-state index contributed by atoms with van der Waals surface area (Å²) in [4.78, 5) is 0. The zero-order valence-electron chi connectivity index (χ0n) is 7.66. The largest absolute Gasteiger partial charge is 0.352 e. The number of hydrogen-bond acceptors (Lipinski definition) is 2. The summed E-state index contributed by atoms with van der Waals surface area (Å²) in [6.45, 7) is 4.84. The number of rotatable bonds is 1. The van der Waals surface area contributed by atoms with Crippen molar-refractivity contribution in [2.24, 2.45) is 5.92 Å². The van der Waals surface area contributed by atoms with Gasteiger partial charge in [0.05, 0.1) is 6.10 Å². The van der Waals surface area contributed by atoms with Gasteiger partial charge < -0.3 is 9.47 Å². The molecule has 0 aliphatic carbocycles.